The summed E-state index contributed by atoms with van der Waals surface area (Å²) in [5, 5.41) is 1.05. The highest BCUT2D eigenvalue weighted by atomic mass is 16.6. The van der Waals surface area contributed by atoms with Crippen LogP contribution in [-0.4, -0.2) is 30.4 Å². The van der Waals surface area contributed by atoms with Crippen LogP contribution in [0, 0.1) is 0 Å². The van der Waals surface area contributed by atoms with E-state index in [-0.39, 0.29) is 6.10 Å². The van der Waals surface area contributed by atoms with Gasteiger partial charge in [0, 0.05) is 0 Å². The first-order valence-electron chi connectivity index (χ1n) is 5.10. The molecule has 16 heavy (non-hydrogen) atoms. The number of rotatable bonds is 4. The zero-order chi connectivity index (χ0) is 11.4. The van der Waals surface area contributed by atoms with Gasteiger partial charge >= 0.3 is 6.09 Å². The van der Waals surface area contributed by atoms with Gasteiger partial charge in [0.05, 0.1) is 19.8 Å². The summed E-state index contributed by atoms with van der Waals surface area (Å²) in [6.07, 6.45) is -0.755. The van der Waals surface area contributed by atoms with Crippen LogP contribution in [0.3, 0.4) is 0 Å². The van der Waals surface area contributed by atoms with Crippen LogP contribution in [0.2, 0.25) is 0 Å². The summed E-state index contributed by atoms with van der Waals surface area (Å²) >= 11 is 0. The minimum absolute atomic E-state index is 0.263. The summed E-state index contributed by atoms with van der Waals surface area (Å²) in [6.45, 7) is 1.27. The van der Waals surface area contributed by atoms with Gasteiger partial charge in [0.2, 0.25) is 0 Å². The summed E-state index contributed by atoms with van der Waals surface area (Å²) in [4.78, 5) is 10.9. The lowest BCUT2D eigenvalue weighted by molar-refractivity contribution is 0.0381. The van der Waals surface area contributed by atoms with Gasteiger partial charge in [-0.05, 0) is 5.56 Å². The maximum absolute atomic E-state index is 10.9. The first-order chi connectivity index (χ1) is 7.75. The first-order valence-corrected chi connectivity index (χ1v) is 5.10. The van der Waals surface area contributed by atoms with Crippen LogP contribution in [0.1, 0.15) is 5.56 Å². The molecule has 1 heterocycles. The van der Waals surface area contributed by atoms with E-state index in [1.165, 1.54) is 0 Å². The summed E-state index contributed by atoms with van der Waals surface area (Å²) in [7, 11) is 0. The normalized spacial score (nSPS) is 19.9. The van der Waals surface area contributed by atoms with E-state index in [4.69, 9.17) is 15.3 Å². The zero-order valence-corrected chi connectivity index (χ0v) is 8.83. The van der Waals surface area contributed by atoms with Crippen LogP contribution in [-0.2, 0) is 16.1 Å². The summed E-state index contributed by atoms with van der Waals surface area (Å²) in [5.41, 5.74) is 1.09. The Balaban J connectivity index is 1.71. The molecule has 1 aliphatic rings. The van der Waals surface area contributed by atoms with Crippen molar-refractivity contribution in [2.75, 3.05) is 13.2 Å². The van der Waals surface area contributed by atoms with Crippen LogP contribution in [0.25, 0.3) is 0 Å². The van der Waals surface area contributed by atoms with Crippen molar-refractivity contribution in [2.45, 2.75) is 12.7 Å². The Labute approximate surface area is 93.7 Å². The highest BCUT2D eigenvalue weighted by Crippen LogP contribution is 2.08. The Hall–Kier alpha value is -1.59. The molecular formula is C11H14N2O3. The standard InChI is InChI=1S/C11H14N2O3/c12-13-6-10(16-11(13)14)8-15-7-9-4-2-1-3-5-9/h1-5,10H,6-8,12H2/t10-/m1/s1. The van der Waals surface area contributed by atoms with E-state index < -0.39 is 6.09 Å². The van der Waals surface area contributed by atoms with Crippen LogP contribution in [0.4, 0.5) is 4.79 Å². The Kier molecular flexibility index (Phi) is 3.38. The third-order valence-corrected chi connectivity index (χ3v) is 2.32. The van der Waals surface area contributed by atoms with Crippen LogP contribution < -0.4 is 5.84 Å². The van der Waals surface area contributed by atoms with Crippen molar-refractivity contribution < 1.29 is 14.3 Å². The van der Waals surface area contributed by atoms with Crippen molar-refractivity contribution in [1.29, 1.82) is 0 Å². The number of carbonyl (C=O) groups is 1. The molecule has 86 valence electrons. The smallest absolute Gasteiger partial charge is 0.424 e. The number of hydrazine groups is 1. The fourth-order valence-corrected chi connectivity index (χ4v) is 1.51. The molecule has 5 nitrogen and oxygen atoms in total. The minimum Gasteiger partial charge on any atom is -0.441 e. The van der Waals surface area contributed by atoms with E-state index in [9.17, 15) is 4.79 Å². The molecule has 2 rings (SSSR count). The molecule has 0 radical (unpaired) electrons. The van der Waals surface area contributed by atoms with Gasteiger partial charge in [-0.25, -0.2) is 15.6 Å². The minimum atomic E-state index is -0.492. The van der Waals surface area contributed by atoms with Crippen molar-refractivity contribution >= 4 is 6.09 Å². The number of nitrogens with two attached hydrogens (primary N) is 1. The Bertz CT molecular complexity index is 356. The molecule has 1 aromatic carbocycles. The molecule has 1 saturated heterocycles. The van der Waals surface area contributed by atoms with Gasteiger partial charge in [-0.2, -0.15) is 0 Å². The predicted octanol–water partition coefficient (Wildman–Crippen LogP) is 0.898. The molecule has 1 fully saturated rings. The van der Waals surface area contributed by atoms with E-state index in [2.05, 4.69) is 0 Å². The molecule has 0 aromatic heterocycles. The highest BCUT2D eigenvalue weighted by Gasteiger charge is 2.28. The second-order valence-electron chi connectivity index (χ2n) is 3.66. The molecule has 0 bridgehead atoms. The van der Waals surface area contributed by atoms with E-state index in [1.807, 2.05) is 30.3 Å². The molecule has 1 atom stereocenters. The Morgan fingerprint density at radius 3 is 2.81 bits per heavy atom. The molecule has 2 N–H and O–H groups in total. The summed E-state index contributed by atoms with van der Waals surface area (Å²) in [6, 6.07) is 9.83. The number of cyclic esters (lactones) is 1. The summed E-state index contributed by atoms with van der Waals surface area (Å²) in [5.74, 6) is 5.35. The van der Waals surface area contributed by atoms with Crippen molar-refractivity contribution in [1.82, 2.24) is 5.01 Å². The van der Waals surface area contributed by atoms with E-state index in [1.54, 1.807) is 0 Å². The molecule has 0 spiro atoms. The maximum atomic E-state index is 10.9. The number of amides is 1. The highest BCUT2D eigenvalue weighted by molar-refractivity contribution is 5.68. The van der Waals surface area contributed by atoms with Crippen molar-refractivity contribution in [2.24, 2.45) is 5.84 Å². The van der Waals surface area contributed by atoms with Gasteiger partial charge in [-0.1, -0.05) is 30.3 Å². The largest absolute Gasteiger partial charge is 0.441 e. The number of carbonyl (C=O) groups excluding carboxylic acids is 1. The van der Waals surface area contributed by atoms with E-state index in [0.717, 1.165) is 10.6 Å². The Morgan fingerprint density at radius 2 is 2.19 bits per heavy atom. The third-order valence-electron chi connectivity index (χ3n) is 2.32. The number of hydrogen-bond donors (Lipinski definition) is 1. The third kappa shape index (κ3) is 2.71. The fraction of sp³-hybridized carbons (Fsp3) is 0.364. The van der Waals surface area contributed by atoms with E-state index >= 15 is 0 Å². The average Bonchev–Trinajstić information content (AvgIpc) is 2.60. The van der Waals surface area contributed by atoms with Crippen molar-refractivity contribution in [3.05, 3.63) is 35.9 Å². The van der Waals surface area contributed by atoms with Gasteiger partial charge < -0.3 is 9.47 Å². The van der Waals surface area contributed by atoms with Crippen LogP contribution >= 0.6 is 0 Å². The monoisotopic (exact) mass is 222 g/mol. The van der Waals surface area contributed by atoms with Gasteiger partial charge in [0.25, 0.3) is 0 Å². The number of ether oxygens (including phenoxy) is 2. The van der Waals surface area contributed by atoms with Crippen molar-refractivity contribution in [3.8, 4) is 0 Å². The van der Waals surface area contributed by atoms with Crippen LogP contribution in [0.5, 0.6) is 0 Å². The predicted molar refractivity (Wildman–Crippen MR) is 57.3 cm³/mol. The van der Waals surface area contributed by atoms with E-state index in [0.29, 0.717) is 19.8 Å². The zero-order valence-electron chi connectivity index (χ0n) is 8.83. The lowest BCUT2D eigenvalue weighted by Crippen LogP contribution is -2.32. The summed E-state index contributed by atoms with van der Waals surface area (Å²) < 4.78 is 10.4. The van der Waals surface area contributed by atoms with Crippen LogP contribution in [0.15, 0.2) is 30.3 Å². The average molecular weight is 222 g/mol. The SMILES string of the molecule is NN1C[C@H](COCc2ccccc2)OC1=O. The molecule has 1 amide bonds. The second-order valence-corrected chi connectivity index (χ2v) is 3.66. The fourth-order valence-electron chi connectivity index (χ4n) is 1.51. The van der Waals surface area contributed by atoms with Gasteiger partial charge in [0.15, 0.2) is 0 Å². The quantitative estimate of drug-likeness (QED) is 0.607. The molecular weight excluding hydrogens is 208 g/mol. The maximum Gasteiger partial charge on any atom is 0.424 e. The van der Waals surface area contributed by atoms with Gasteiger partial charge in [-0.15, -0.1) is 0 Å². The molecule has 0 saturated carbocycles. The second kappa shape index (κ2) is 4.96. The lowest BCUT2D eigenvalue weighted by atomic mass is 10.2. The molecule has 0 aliphatic carbocycles. The number of benzene rings is 1. The molecule has 1 aliphatic heterocycles. The topological polar surface area (TPSA) is 64.8 Å². The molecule has 0 unspecified atom stereocenters. The first kappa shape index (κ1) is 10.9. The molecule has 5 heteroatoms. The number of nitrogens with zero attached hydrogens (tertiary/aromatic N) is 1. The van der Waals surface area contributed by atoms with Crippen molar-refractivity contribution in [3.63, 3.8) is 0 Å². The Morgan fingerprint density at radius 1 is 1.44 bits per heavy atom. The van der Waals surface area contributed by atoms with Gasteiger partial charge in [0.1, 0.15) is 6.10 Å². The molecule has 1 aromatic rings. The lowest BCUT2D eigenvalue weighted by Gasteiger charge is -2.08. The van der Waals surface area contributed by atoms with Gasteiger partial charge in [-0.3, -0.25) is 0 Å². The number of hydrogen-bond acceptors (Lipinski definition) is 4.